The van der Waals surface area contributed by atoms with E-state index in [2.05, 4.69) is 4.98 Å². The lowest BCUT2D eigenvalue weighted by molar-refractivity contribution is 0.101. The SMILES string of the molecule is CCc1ccc2c(c1)c(-c1cccnc1OC)c(C(=O)CS(=O)(=O)c1cccc(N)c1)n2Cc1ccccc1F. The molecular formula is C31H28FN3O4S. The average molecular weight is 558 g/mol. The second-order valence-electron chi connectivity index (χ2n) is 9.42. The van der Waals surface area contributed by atoms with Gasteiger partial charge in [-0.3, -0.25) is 4.79 Å². The molecule has 0 aliphatic carbocycles. The fourth-order valence-electron chi connectivity index (χ4n) is 4.92. The molecule has 0 saturated heterocycles. The number of halogens is 1. The molecule has 5 rings (SSSR count). The van der Waals surface area contributed by atoms with Crippen molar-refractivity contribution in [3.8, 4) is 17.0 Å². The maximum Gasteiger partial charge on any atom is 0.221 e. The fourth-order valence-corrected chi connectivity index (χ4v) is 6.17. The summed E-state index contributed by atoms with van der Waals surface area (Å²) in [5.41, 5.74) is 9.27. The number of benzene rings is 3. The zero-order valence-electron chi connectivity index (χ0n) is 22.1. The lowest BCUT2D eigenvalue weighted by Gasteiger charge is -2.14. The molecule has 2 aromatic heterocycles. The molecule has 0 saturated carbocycles. The van der Waals surface area contributed by atoms with Gasteiger partial charge in [-0.15, -0.1) is 0 Å². The number of hydrogen-bond acceptors (Lipinski definition) is 6. The van der Waals surface area contributed by atoms with E-state index in [4.69, 9.17) is 10.5 Å². The minimum absolute atomic E-state index is 0.0105. The van der Waals surface area contributed by atoms with Gasteiger partial charge >= 0.3 is 0 Å². The molecule has 9 heteroatoms. The van der Waals surface area contributed by atoms with Gasteiger partial charge in [-0.1, -0.05) is 37.3 Å². The van der Waals surface area contributed by atoms with Crippen molar-refractivity contribution in [3.63, 3.8) is 0 Å². The van der Waals surface area contributed by atoms with Gasteiger partial charge in [-0.05, 0) is 60.5 Å². The van der Waals surface area contributed by atoms with Crippen molar-refractivity contribution in [1.82, 2.24) is 9.55 Å². The first-order chi connectivity index (χ1) is 19.2. The van der Waals surface area contributed by atoms with Crippen LogP contribution in [0.3, 0.4) is 0 Å². The number of methoxy groups -OCH3 is 1. The first-order valence-electron chi connectivity index (χ1n) is 12.7. The van der Waals surface area contributed by atoms with Gasteiger partial charge in [0, 0.05) is 39.5 Å². The number of ether oxygens (including phenoxy) is 1. The maximum absolute atomic E-state index is 14.9. The number of carbonyl (C=O) groups excluding carboxylic acids is 1. The van der Waals surface area contributed by atoms with Gasteiger partial charge in [0.1, 0.15) is 11.6 Å². The van der Waals surface area contributed by atoms with Crippen LogP contribution in [-0.2, 0) is 22.8 Å². The Morgan fingerprint density at radius 3 is 2.55 bits per heavy atom. The van der Waals surface area contributed by atoms with Gasteiger partial charge < -0.3 is 15.0 Å². The average Bonchev–Trinajstić information content (AvgIpc) is 3.27. The van der Waals surface area contributed by atoms with Crippen LogP contribution in [0.25, 0.3) is 22.0 Å². The number of ketones is 1. The number of hydrogen-bond donors (Lipinski definition) is 1. The van der Waals surface area contributed by atoms with Crippen molar-refractivity contribution < 1.29 is 22.3 Å². The molecule has 204 valence electrons. The Morgan fingerprint density at radius 2 is 1.82 bits per heavy atom. The minimum Gasteiger partial charge on any atom is -0.481 e. The number of nitrogen functional groups attached to an aromatic ring is 1. The quantitative estimate of drug-likeness (QED) is 0.184. The van der Waals surface area contributed by atoms with E-state index in [1.165, 1.54) is 31.4 Å². The third-order valence-electron chi connectivity index (χ3n) is 6.86. The molecular weight excluding hydrogens is 529 g/mol. The second-order valence-corrected chi connectivity index (χ2v) is 11.4. The van der Waals surface area contributed by atoms with Crippen LogP contribution < -0.4 is 10.5 Å². The molecule has 3 aromatic carbocycles. The highest BCUT2D eigenvalue weighted by Crippen LogP contribution is 2.40. The number of carbonyl (C=O) groups is 1. The standard InChI is InChI=1S/C31H28FN3O4S/c1-3-20-13-14-27-25(16-20)29(24-11-7-15-34-31(24)39-2)30(35(27)18-21-8-4-5-12-26(21)32)28(36)19-40(37,38)23-10-6-9-22(33)17-23/h4-17H,3,18-19,33H2,1-2H3. The summed E-state index contributed by atoms with van der Waals surface area (Å²) < 4.78 is 48.9. The predicted molar refractivity (Wildman–Crippen MR) is 154 cm³/mol. The summed E-state index contributed by atoms with van der Waals surface area (Å²) in [6.45, 7) is 2.03. The number of rotatable bonds is 9. The highest BCUT2D eigenvalue weighted by molar-refractivity contribution is 7.92. The number of aryl methyl sites for hydroxylation is 1. The Hall–Kier alpha value is -4.50. The van der Waals surface area contributed by atoms with Crippen molar-refractivity contribution in [1.29, 1.82) is 0 Å². The van der Waals surface area contributed by atoms with Crippen molar-refractivity contribution in [3.05, 3.63) is 108 Å². The van der Waals surface area contributed by atoms with E-state index in [1.807, 2.05) is 25.1 Å². The number of sulfone groups is 1. The van der Waals surface area contributed by atoms with E-state index in [-0.39, 0.29) is 28.7 Å². The third kappa shape index (κ3) is 5.08. The van der Waals surface area contributed by atoms with Gasteiger partial charge in [0.05, 0.1) is 24.2 Å². The molecule has 0 radical (unpaired) electrons. The summed E-state index contributed by atoms with van der Waals surface area (Å²) in [4.78, 5) is 18.4. The monoisotopic (exact) mass is 557 g/mol. The topological polar surface area (TPSA) is 104 Å². The molecule has 0 spiro atoms. The number of nitrogens with zero attached hydrogens (tertiary/aromatic N) is 2. The summed E-state index contributed by atoms with van der Waals surface area (Å²) in [6, 6.07) is 21.4. The second kappa shape index (κ2) is 10.9. The van der Waals surface area contributed by atoms with Crippen molar-refractivity contribution in [2.24, 2.45) is 0 Å². The summed E-state index contributed by atoms with van der Waals surface area (Å²) in [7, 11) is -2.58. The van der Waals surface area contributed by atoms with Crippen LogP contribution in [0.1, 0.15) is 28.5 Å². The van der Waals surface area contributed by atoms with E-state index < -0.39 is 27.2 Å². The van der Waals surface area contributed by atoms with Crippen LogP contribution in [0.4, 0.5) is 10.1 Å². The number of aromatic nitrogens is 2. The zero-order valence-corrected chi connectivity index (χ0v) is 22.9. The molecule has 0 aliphatic heterocycles. The van der Waals surface area contributed by atoms with Gasteiger partial charge in [-0.2, -0.15) is 0 Å². The highest BCUT2D eigenvalue weighted by Gasteiger charge is 2.30. The molecule has 0 atom stereocenters. The normalized spacial score (nSPS) is 11.6. The summed E-state index contributed by atoms with van der Waals surface area (Å²) in [5, 5.41) is 0.715. The number of fused-ring (bicyclic) bond motifs is 1. The Balaban J connectivity index is 1.80. The Bertz CT molecular complexity index is 1850. The van der Waals surface area contributed by atoms with Crippen LogP contribution in [-0.4, -0.2) is 36.6 Å². The van der Waals surface area contributed by atoms with E-state index in [1.54, 1.807) is 47.2 Å². The summed E-state index contributed by atoms with van der Waals surface area (Å²) in [6.07, 6.45) is 2.31. The maximum atomic E-state index is 14.9. The Morgan fingerprint density at radius 1 is 1.02 bits per heavy atom. The number of pyridine rings is 1. The van der Waals surface area contributed by atoms with Gasteiger partial charge in [0.15, 0.2) is 15.6 Å². The molecule has 40 heavy (non-hydrogen) atoms. The van der Waals surface area contributed by atoms with E-state index in [9.17, 15) is 17.6 Å². The van der Waals surface area contributed by atoms with E-state index in [0.717, 1.165) is 12.0 Å². The van der Waals surface area contributed by atoms with E-state index in [0.29, 0.717) is 27.6 Å². The highest BCUT2D eigenvalue weighted by atomic mass is 32.2. The smallest absolute Gasteiger partial charge is 0.221 e. The lowest BCUT2D eigenvalue weighted by Crippen LogP contribution is -2.21. The number of Topliss-reactive ketones (excluding diaryl/α,β-unsaturated/α-hetero) is 1. The summed E-state index contributed by atoms with van der Waals surface area (Å²) >= 11 is 0. The largest absolute Gasteiger partial charge is 0.481 e. The molecule has 0 unspecified atom stereocenters. The van der Waals surface area contributed by atoms with Crippen LogP contribution in [0, 0.1) is 5.82 Å². The van der Waals surface area contributed by atoms with Crippen molar-refractivity contribution in [2.45, 2.75) is 24.8 Å². The summed E-state index contributed by atoms with van der Waals surface area (Å²) in [5.74, 6) is -1.60. The van der Waals surface area contributed by atoms with Crippen LogP contribution in [0.5, 0.6) is 5.88 Å². The van der Waals surface area contributed by atoms with Crippen LogP contribution >= 0.6 is 0 Å². The zero-order chi connectivity index (χ0) is 28.4. The Labute approximate surface area is 232 Å². The molecule has 0 fully saturated rings. The molecule has 7 nitrogen and oxygen atoms in total. The van der Waals surface area contributed by atoms with Gasteiger partial charge in [0.25, 0.3) is 0 Å². The first-order valence-corrected chi connectivity index (χ1v) is 14.4. The molecule has 0 aliphatic rings. The van der Waals surface area contributed by atoms with Gasteiger partial charge in [0.2, 0.25) is 5.88 Å². The molecule has 0 amide bonds. The fraction of sp³-hybridized carbons (Fsp3) is 0.161. The lowest BCUT2D eigenvalue weighted by atomic mass is 9.99. The predicted octanol–water partition coefficient (Wildman–Crippen LogP) is 5.70. The molecule has 2 heterocycles. The van der Waals surface area contributed by atoms with Crippen LogP contribution in [0.2, 0.25) is 0 Å². The van der Waals surface area contributed by atoms with E-state index >= 15 is 0 Å². The third-order valence-corrected chi connectivity index (χ3v) is 8.47. The number of anilines is 1. The Kier molecular flexibility index (Phi) is 7.40. The van der Waals surface area contributed by atoms with Crippen molar-refractivity contribution in [2.75, 3.05) is 18.6 Å². The van der Waals surface area contributed by atoms with Gasteiger partial charge in [-0.25, -0.2) is 17.8 Å². The van der Waals surface area contributed by atoms with Crippen molar-refractivity contribution >= 4 is 32.2 Å². The molecule has 2 N–H and O–H groups in total. The van der Waals surface area contributed by atoms with Crippen LogP contribution in [0.15, 0.2) is 90.0 Å². The minimum atomic E-state index is -4.06. The molecule has 5 aromatic rings. The number of nitrogens with two attached hydrogens (primary N) is 1. The first kappa shape index (κ1) is 27.1. The molecule has 0 bridgehead atoms.